The number of likely N-dealkylation sites (tertiary alicyclic amines) is 1. The predicted molar refractivity (Wildman–Crippen MR) is 101 cm³/mol. The Kier molecular flexibility index (Phi) is 4.93. The first-order valence-corrected chi connectivity index (χ1v) is 9.20. The van der Waals surface area contributed by atoms with Gasteiger partial charge in [-0.15, -0.1) is 0 Å². The van der Waals surface area contributed by atoms with E-state index in [9.17, 15) is 14.7 Å². The maximum absolute atomic E-state index is 12.8. The Labute approximate surface area is 159 Å². The molecule has 1 aliphatic heterocycles. The number of piperidine rings is 1. The van der Waals surface area contributed by atoms with Gasteiger partial charge in [0.2, 0.25) is 5.91 Å². The molecule has 1 aromatic rings. The summed E-state index contributed by atoms with van der Waals surface area (Å²) in [6, 6.07) is 3.51. The largest absolute Gasteiger partial charge is 0.504 e. The molecule has 3 atom stereocenters. The van der Waals surface area contributed by atoms with Crippen LogP contribution in [0.5, 0.6) is 11.5 Å². The summed E-state index contributed by atoms with van der Waals surface area (Å²) in [5.41, 5.74) is 1.04. The van der Waals surface area contributed by atoms with E-state index in [0.717, 1.165) is 11.1 Å². The van der Waals surface area contributed by atoms with Crippen molar-refractivity contribution in [2.45, 2.75) is 45.1 Å². The first-order valence-electron chi connectivity index (χ1n) is 9.20. The number of ketones is 1. The van der Waals surface area contributed by atoms with Crippen LogP contribution in [0, 0.1) is 12.8 Å². The molecule has 0 radical (unpaired) electrons. The second kappa shape index (κ2) is 6.91. The molecule has 6 heteroatoms. The van der Waals surface area contributed by atoms with Gasteiger partial charge in [0.15, 0.2) is 23.0 Å². The van der Waals surface area contributed by atoms with Crippen LogP contribution in [-0.4, -0.2) is 48.5 Å². The number of aryl methyl sites for hydroxylation is 1. The van der Waals surface area contributed by atoms with Gasteiger partial charge in [-0.05, 0) is 38.0 Å². The summed E-state index contributed by atoms with van der Waals surface area (Å²) in [5, 5.41) is 11.0. The van der Waals surface area contributed by atoms with Crippen molar-refractivity contribution in [3.8, 4) is 11.5 Å². The summed E-state index contributed by atoms with van der Waals surface area (Å²) in [4.78, 5) is 26.7. The zero-order chi connectivity index (χ0) is 19.9. The fourth-order valence-electron chi connectivity index (χ4n) is 4.95. The Morgan fingerprint density at radius 2 is 2.00 bits per heavy atom. The van der Waals surface area contributed by atoms with E-state index >= 15 is 0 Å². The maximum Gasteiger partial charge on any atom is 0.219 e. The van der Waals surface area contributed by atoms with Crippen LogP contribution in [0.15, 0.2) is 24.0 Å². The van der Waals surface area contributed by atoms with Crippen LogP contribution in [0.2, 0.25) is 0 Å². The molecule has 0 spiro atoms. The van der Waals surface area contributed by atoms with Crippen molar-refractivity contribution in [3.05, 3.63) is 35.1 Å². The number of carbonyl (C=O) groups is 2. The number of ether oxygens (including phenoxy) is 2. The van der Waals surface area contributed by atoms with E-state index in [1.807, 2.05) is 30.9 Å². The van der Waals surface area contributed by atoms with E-state index in [-0.39, 0.29) is 35.8 Å². The number of Topliss-reactive ketones (excluding diaryl/α,β-unsaturated/α-hetero) is 1. The summed E-state index contributed by atoms with van der Waals surface area (Å²) in [7, 11) is 3.00. The molecule has 146 valence electrons. The molecule has 3 rings (SSSR count). The van der Waals surface area contributed by atoms with Crippen molar-refractivity contribution < 1.29 is 24.2 Å². The summed E-state index contributed by atoms with van der Waals surface area (Å²) in [6.07, 6.45) is 2.65. The van der Waals surface area contributed by atoms with Gasteiger partial charge < -0.3 is 19.5 Å². The number of hydrogen-bond donors (Lipinski definition) is 1. The molecule has 0 aromatic heterocycles. The second-order valence-corrected chi connectivity index (χ2v) is 7.53. The SMILES string of the molecule is COC1=CC2C(C)N(C(C)=O)CCC2(c2c(C)ccc(OC)c2O)CC1=O. The fraction of sp³-hybridized carbons (Fsp3) is 0.524. The number of phenols is 1. The van der Waals surface area contributed by atoms with Crippen LogP contribution in [0.4, 0.5) is 0 Å². The second-order valence-electron chi connectivity index (χ2n) is 7.53. The Hall–Kier alpha value is -2.50. The van der Waals surface area contributed by atoms with Gasteiger partial charge in [0.25, 0.3) is 0 Å². The van der Waals surface area contributed by atoms with Gasteiger partial charge in [-0.2, -0.15) is 0 Å². The molecule has 27 heavy (non-hydrogen) atoms. The average Bonchev–Trinajstić information content (AvgIpc) is 2.61. The maximum atomic E-state index is 12.8. The highest BCUT2D eigenvalue weighted by atomic mass is 16.5. The monoisotopic (exact) mass is 373 g/mol. The number of methoxy groups -OCH3 is 2. The number of hydrogen-bond acceptors (Lipinski definition) is 5. The first-order chi connectivity index (χ1) is 12.8. The molecule has 1 aliphatic carbocycles. The lowest BCUT2D eigenvalue weighted by Crippen LogP contribution is -2.58. The number of rotatable bonds is 3. The molecule has 3 unspecified atom stereocenters. The minimum absolute atomic E-state index is 0.00644. The number of phenolic OH excluding ortho intramolecular Hbond substituents is 1. The van der Waals surface area contributed by atoms with Crippen molar-refractivity contribution >= 4 is 11.7 Å². The molecule has 0 saturated carbocycles. The molecule has 1 aromatic carbocycles. The van der Waals surface area contributed by atoms with Crippen LogP contribution in [0.1, 0.15) is 37.8 Å². The van der Waals surface area contributed by atoms with Crippen LogP contribution in [0.3, 0.4) is 0 Å². The number of amides is 1. The minimum Gasteiger partial charge on any atom is -0.504 e. The van der Waals surface area contributed by atoms with Gasteiger partial charge in [-0.1, -0.05) is 6.07 Å². The van der Waals surface area contributed by atoms with Crippen LogP contribution < -0.4 is 4.74 Å². The van der Waals surface area contributed by atoms with Gasteiger partial charge in [0.05, 0.1) is 14.2 Å². The van der Waals surface area contributed by atoms with E-state index in [1.165, 1.54) is 14.2 Å². The van der Waals surface area contributed by atoms with Gasteiger partial charge in [0, 0.05) is 42.8 Å². The van der Waals surface area contributed by atoms with E-state index in [1.54, 1.807) is 13.0 Å². The Balaban J connectivity index is 2.24. The standard InChI is InChI=1S/C21H27NO5/c1-12-6-7-17(26-4)20(25)19(12)21-8-9-22(14(3)23)13(2)15(21)10-18(27-5)16(24)11-21/h6-7,10,13,15,25H,8-9,11H2,1-5H3. The number of carbonyl (C=O) groups excluding carboxylic acids is 2. The molecule has 1 N–H and O–H groups in total. The van der Waals surface area contributed by atoms with Crippen molar-refractivity contribution in [1.82, 2.24) is 4.90 Å². The van der Waals surface area contributed by atoms with E-state index in [2.05, 4.69) is 0 Å². The van der Waals surface area contributed by atoms with Crippen molar-refractivity contribution in [3.63, 3.8) is 0 Å². The van der Waals surface area contributed by atoms with Gasteiger partial charge >= 0.3 is 0 Å². The molecular formula is C21H27NO5. The average molecular weight is 373 g/mol. The fourth-order valence-corrected chi connectivity index (χ4v) is 4.95. The lowest BCUT2D eigenvalue weighted by atomic mass is 9.57. The zero-order valence-electron chi connectivity index (χ0n) is 16.5. The summed E-state index contributed by atoms with van der Waals surface area (Å²) in [5.74, 6) is 0.561. The van der Waals surface area contributed by atoms with Crippen LogP contribution >= 0.6 is 0 Å². The zero-order valence-corrected chi connectivity index (χ0v) is 16.5. The molecule has 1 fully saturated rings. The topological polar surface area (TPSA) is 76.1 Å². The smallest absolute Gasteiger partial charge is 0.219 e. The number of nitrogens with zero attached hydrogens (tertiary/aromatic N) is 1. The lowest BCUT2D eigenvalue weighted by molar-refractivity contribution is -0.135. The van der Waals surface area contributed by atoms with Crippen molar-refractivity contribution in [2.24, 2.45) is 5.92 Å². The van der Waals surface area contributed by atoms with Gasteiger partial charge in [-0.25, -0.2) is 0 Å². The first kappa shape index (κ1) is 19.3. The number of benzene rings is 1. The molecule has 0 bridgehead atoms. The molecule has 2 aliphatic rings. The predicted octanol–water partition coefficient (Wildman–Crippen LogP) is 2.71. The lowest BCUT2D eigenvalue weighted by Gasteiger charge is -2.53. The third kappa shape index (κ3) is 2.87. The van der Waals surface area contributed by atoms with Crippen LogP contribution in [0.25, 0.3) is 0 Å². The molecule has 1 amide bonds. The van der Waals surface area contributed by atoms with E-state index < -0.39 is 5.41 Å². The van der Waals surface area contributed by atoms with Gasteiger partial charge in [-0.3, -0.25) is 9.59 Å². The number of fused-ring (bicyclic) bond motifs is 1. The highest BCUT2D eigenvalue weighted by molar-refractivity contribution is 5.96. The van der Waals surface area contributed by atoms with E-state index in [4.69, 9.17) is 9.47 Å². The van der Waals surface area contributed by atoms with E-state index in [0.29, 0.717) is 24.5 Å². The molecular weight excluding hydrogens is 346 g/mol. The number of allylic oxidation sites excluding steroid dienone is 1. The minimum atomic E-state index is -0.604. The Morgan fingerprint density at radius 1 is 1.30 bits per heavy atom. The third-order valence-electron chi connectivity index (χ3n) is 6.22. The molecule has 1 saturated heterocycles. The highest BCUT2D eigenvalue weighted by Gasteiger charge is 2.53. The third-order valence-corrected chi connectivity index (χ3v) is 6.22. The number of aromatic hydroxyl groups is 1. The summed E-state index contributed by atoms with van der Waals surface area (Å²) >= 11 is 0. The quantitative estimate of drug-likeness (QED) is 0.882. The summed E-state index contributed by atoms with van der Waals surface area (Å²) in [6.45, 7) is 6.02. The molecule has 6 nitrogen and oxygen atoms in total. The van der Waals surface area contributed by atoms with Crippen molar-refractivity contribution in [2.75, 3.05) is 20.8 Å². The van der Waals surface area contributed by atoms with Crippen molar-refractivity contribution in [1.29, 1.82) is 0 Å². The highest BCUT2D eigenvalue weighted by Crippen LogP contribution is 2.54. The summed E-state index contributed by atoms with van der Waals surface area (Å²) < 4.78 is 10.6. The van der Waals surface area contributed by atoms with Crippen LogP contribution in [-0.2, 0) is 19.7 Å². The van der Waals surface area contributed by atoms with Gasteiger partial charge in [0.1, 0.15) is 0 Å². The normalized spacial score (nSPS) is 27.7. The Morgan fingerprint density at radius 3 is 2.59 bits per heavy atom. The Bertz CT molecular complexity index is 815. The molecule has 1 heterocycles.